The zero-order valence-electron chi connectivity index (χ0n) is 26.4. The van der Waals surface area contributed by atoms with Crippen molar-refractivity contribution in [3.63, 3.8) is 0 Å². The van der Waals surface area contributed by atoms with Crippen molar-refractivity contribution in [2.24, 2.45) is 0 Å². The molecule has 246 valence electrons. The van der Waals surface area contributed by atoms with Gasteiger partial charge in [0.15, 0.2) is 0 Å². The molecule has 0 radical (unpaired) electrons. The third kappa shape index (κ3) is 9.02. The van der Waals surface area contributed by atoms with Crippen LogP contribution in [0.5, 0.6) is 5.75 Å². The normalized spacial score (nSPS) is 14.2. The van der Waals surface area contributed by atoms with Crippen LogP contribution in [0.1, 0.15) is 43.2 Å². The maximum absolute atomic E-state index is 14.7. The highest BCUT2D eigenvalue weighted by Gasteiger charge is 2.35. The lowest BCUT2D eigenvalue weighted by Crippen LogP contribution is -2.55. The van der Waals surface area contributed by atoms with Crippen molar-refractivity contribution in [1.82, 2.24) is 10.2 Å². The molecule has 0 aromatic heterocycles. The van der Waals surface area contributed by atoms with Gasteiger partial charge in [0.25, 0.3) is 10.0 Å². The van der Waals surface area contributed by atoms with Crippen molar-refractivity contribution >= 4 is 43.5 Å². The van der Waals surface area contributed by atoms with E-state index in [0.717, 1.165) is 52.0 Å². The Morgan fingerprint density at radius 2 is 1.49 bits per heavy atom. The summed E-state index contributed by atoms with van der Waals surface area (Å²) in [5.74, 6) is -0.141. The second kappa shape index (κ2) is 16.1. The van der Waals surface area contributed by atoms with E-state index in [0.29, 0.717) is 11.4 Å². The molecule has 1 N–H and O–H groups in total. The smallest absolute Gasteiger partial charge is 0.264 e. The van der Waals surface area contributed by atoms with E-state index in [1.165, 1.54) is 17.0 Å². The van der Waals surface area contributed by atoms with Crippen molar-refractivity contribution in [3.05, 3.63) is 125 Å². The Kier molecular flexibility index (Phi) is 11.7. The van der Waals surface area contributed by atoms with Crippen molar-refractivity contribution in [2.75, 3.05) is 18.0 Å². The number of hydrogen-bond donors (Lipinski definition) is 1. The first-order valence-electron chi connectivity index (χ1n) is 15.8. The van der Waals surface area contributed by atoms with Crippen molar-refractivity contribution < 1.29 is 22.7 Å². The van der Waals surface area contributed by atoms with Gasteiger partial charge in [-0.15, -0.1) is 0 Å². The minimum Gasteiger partial charge on any atom is -0.497 e. The number of anilines is 1. The van der Waals surface area contributed by atoms with Gasteiger partial charge >= 0.3 is 0 Å². The van der Waals surface area contributed by atoms with Crippen molar-refractivity contribution in [1.29, 1.82) is 0 Å². The van der Waals surface area contributed by atoms with Crippen LogP contribution in [0.25, 0.3) is 0 Å². The maximum atomic E-state index is 14.7. The zero-order chi connectivity index (χ0) is 33.2. The van der Waals surface area contributed by atoms with E-state index in [2.05, 4.69) is 21.2 Å². The van der Waals surface area contributed by atoms with Gasteiger partial charge in [-0.25, -0.2) is 8.42 Å². The fraction of sp³-hybridized carbons (Fsp3) is 0.297. The summed E-state index contributed by atoms with van der Waals surface area (Å²) in [6.45, 7) is -0.435. The Bertz CT molecular complexity index is 1730. The standard InChI is InChI=1S/C37H40BrN3O5S/c1-46-33-17-11-14-29(24-33)26-40(35(25-28-12-5-2-6-13-28)37(43)39-31-15-7-3-8-16-31)36(42)27-41(32-22-20-30(38)21-23-32)47(44,45)34-18-9-4-10-19-34/h2,4-6,9-14,17-24,31,35H,3,7-8,15-16,25-27H2,1H3,(H,39,43)/t35-/m0/s1. The summed E-state index contributed by atoms with van der Waals surface area (Å²) in [5, 5.41) is 3.24. The van der Waals surface area contributed by atoms with Crippen LogP contribution in [0, 0.1) is 0 Å². The lowest BCUT2D eigenvalue weighted by atomic mass is 9.94. The molecule has 8 nitrogen and oxygen atoms in total. The van der Waals surface area contributed by atoms with Crippen LogP contribution in [0.2, 0.25) is 0 Å². The van der Waals surface area contributed by atoms with Crippen molar-refractivity contribution in [2.45, 2.75) is 62.0 Å². The lowest BCUT2D eigenvalue weighted by molar-refractivity contribution is -0.140. The molecule has 0 spiro atoms. The number of nitrogens with zero attached hydrogens (tertiary/aromatic N) is 2. The van der Waals surface area contributed by atoms with E-state index in [-0.39, 0.29) is 29.8 Å². The van der Waals surface area contributed by atoms with Crippen molar-refractivity contribution in [3.8, 4) is 5.75 Å². The molecule has 0 aliphatic heterocycles. The predicted molar refractivity (Wildman–Crippen MR) is 188 cm³/mol. The van der Waals surface area contributed by atoms with E-state index in [4.69, 9.17) is 4.74 Å². The largest absolute Gasteiger partial charge is 0.497 e. The van der Waals surface area contributed by atoms with Crippen LogP contribution < -0.4 is 14.4 Å². The number of sulfonamides is 1. The Balaban J connectivity index is 1.56. The number of halogens is 1. The number of benzene rings is 4. The first kappa shape index (κ1) is 34.2. The topological polar surface area (TPSA) is 96.0 Å². The summed E-state index contributed by atoms with van der Waals surface area (Å²) in [6.07, 6.45) is 5.27. The molecular weight excluding hydrogens is 678 g/mol. The van der Waals surface area contributed by atoms with E-state index in [1.54, 1.807) is 49.6 Å². The summed E-state index contributed by atoms with van der Waals surface area (Å²) >= 11 is 3.42. The van der Waals surface area contributed by atoms with E-state index in [1.807, 2.05) is 54.6 Å². The summed E-state index contributed by atoms with van der Waals surface area (Å²) in [7, 11) is -2.58. The molecule has 0 saturated heterocycles. The second-order valence-corrected chi connectivity index (χ2v) is 14.5. The molecule has 47 heavy (non-hydrogen) atoms. The molecule has 0 bridgehead atoms. The molecule has 1 saturated carbocycles. The molecule has 0 unspecified atom stereocenters. The SMILES string of the molecule is COc1cccc(CN(C(=O)CN(c2ccc(Br)cc2)S(=O)(=O)c2ccccc2)[C@@H](Cc2ccccc2)C(=O)NC2CCCCC2)c1. The highest BCUT2D eigenvalue weighted by molar-refractivity contribution is 9.10. The van der Waals surface area contributed by atoms with Gasteiger partial charge in [0, 0.05) is 23.5 Å². The zero-order valence-corrected chi connectivity index (χ0v) is 28.8. The van der Waals surface area contributed by atoms with Crippen LogP contribution >= 0.6 is 15.9 Å². The fourth-order valence-corrected chi connectivity index (χ4v) is 7.62. The summed E-state index contributed by atoms with van der Waals surface area (Å²) in [6, 6.07) is 30.9. The molecule has 2 amide bonds. The van der Waals surface area contributed by atoms with Gasteiger partial charge in [0.1, 0.15) is 18.3 Å². The number of amides is 2. The minimum atomic E-state index is -4.16. The van der Waals surface area contributed by atoms with Crippen LogP contribution in [-0.2, 0) is 32.6 Å². The van der Waals surface area contributed by atoms with Gasteiger partial charge in [-0.3, -0.25) is 13.9 Å². The number of nitrogens with one attached hydrogen (secondary N) is 1. The number of methoxy groups -OCH3 is 1. The third-order valence-corrected chi connectivity index (χ3v) is 10.8. The molecule has 1 aliphatic rings. The highest BCUT2D eigenvalue weighted by atomic mass is 79.9. The molecule has 1 fully saturated rings. The monoisotopic (exact) mass is 717 g/mol. The summed E-state index contributed by atoms with van der Waals surface area (Å²) in [4.78, 5) is 30.5. The second-order valence-electron chi connectivity index (χ2n) is 11.7. The molecule has 5 rings (SSSR count). The van der Waals surface area contributed by atoms with Gasteiger partial charge in [0.05, 0.1) is 17.7 Å². The van der Waals surface area contributed by atoms with Crippen LogP contribution in [0.3, 0.4) is 0 Å². The number of hydrogen-bond acceptors (Lipinski definition) is 5. The lowest BCUT2D eigenvalue weighted by Gasteiger charge is -2.35. The molecule has 1 aliphatic carbocycles. The Morgan fingerprint density at radius 3 is 2.15 bits per heavy atom. The maximum Gasteiger partial charge on any atom is 0.264 e. The first-order chi connectivity index (χ1) is 22.7. The predicted octanol–water partition coefficient (Wildman–Crippen LogP) is 6.74. The van der Waals surface area contributed by atoms with Gasteiger partial charge in [0.2, 0.25) is 11.8 Å². The molecule has 10 heteroatoms. The number of rotatable bonds is 13. The van der Waals surface area contributed by atoms with Gasteiger partial charge < -0.3 is 15.0 Å². The average molecular weight is 719 g/mol. The first-order valence-corrected chi connectivity index (χ1v) is 18.1. The van der Waals surface area contributed by atoms with E-state index < -0.39 is 28.5 Å². The Hall–Kier alpha value is -4.15. The molecular formula is C37H40BrN3O5S. The minimum absolute atomic E-state index is 0.0287. The Morgan fingerprint density at radius 1 is 0.851 bits per heavy atom. The van der Waals surface area contributed by atoms with Crippen LogP contribution in [-0.4, -0.2) is 50.9 Å². The summed E-state index contributed by atoms with van der Waals surface area (Å²) < 4.78 is 35.6. The number of carbonyl (C=O) groups excluding carboxylic acids is 2. The van der Waals surface area contributed by atoms with Gasteiger partial charge in [-0.2, -0.15) is 0 Å². The quantitative estimate of drug-likeness (QED) is 0.165. The molecule has 4 aromatic rings. The molecule has 1 atom stereocenters. The van der Waals surface area contributed by atoms with Crippen LogP contribution in [0.4, 0.5) is 5.69 Å². The van der Waals surface area contributed by atoms with E-state index >= 15 is 0 Å². The molecule has 4 aromatic carbocycles. The fourth-order valence-electron chi connectivity index (χ4n) is 5.92. The Labute approximate surface area is 285 Å². The van der Waals surface area contributed by atoms with Gasteiger partial charge in [-0.1, -0.05) is 95.9 Å². The summed E-state index contributed by atoms with van der Waals surface area (Å²) in [5.41, 5.74) is 1.97. The number of ether oxygens (including phenoxy) is 1. The van der Waals surface area contributed by atoms with Gasteiger partial charge in [-0.05, 0) is 72.5 Å². The van der Waals surface area contributed by atoms with E-state index in [9.17, 15) is 18.0 Å². The third-order valence-electron chi connectivity index (χ3n) is 8.43. The number of carbonyl (C=O) groups is 2. The highest BCUT2D eigenvalue weighted by Crippen LogP contribution is 2.27. The molecule has 0 heterocycles. The average Bonchev–Trinajstić information content (AvgIpc) is 3.10. The van der Waals surface area contributed by atoms with Crippen LogP contribution in [0.15, 0.2) is 119 Å².